The highest BCUT2D eigenvalue weighted by Gasteiger charge is 2.31. The summed E-state index contributed by atoms with van der Waals surface area (Å²) in [7, 11) is 1.38. The number of methoxy groups -OCH3 is 1. The van der Waals surface area contributed by atoms with Crippen LogP contribution in [-0.4, -0.2) is 34.8 Å². The van der Waals surface area contributed by atoms with E-state index in [1.165, 1.54) is 12.0 Å². The molecule has 1 aromatic heterocycles. The fourth-order valence-corrected chi connectivity index (χ4v) is 1.84. The van der Waals surface area contributed by atoms with Crippen LogP contribution >= 0.6 is 12.6 Å². The van der Waals surface area contributed by atoms with Gasteiger partial charge < -0.3 is 4.74 Å². The summed E-state index contributed by atoms with van der Waals surface area (Å²) in [6, 6.07) is 0.0341. The minimum atomic E-state index is -0.642. The summed E-state index contributed by atoms with van der Waals surface area (Å²) in [5.41, 5.74) is 0. The van der Waals surface area contributed by atoms with E-state index in [2.05, 4.69) is 22.6 Å². The second-order valence-corrected chi connectivity index (χ2v) is 4.12. The van der Waals surface area contributed by atoms with Gasteiger partial charge in [-0.15, -0.1) is 0 Å². The number of carbonyl (C=O) groups is 1. The molecular weight excluding hydrogens is 233 g/mol. The van der Waals surface area contributed by atoms with Crippen molar-refractivity contribution in [1.82, 2.24) is 9.97 Å². The molecule has 0 saturated carbocycles. The number of aromatic nitrogens is 2. The van der Waals surface area contributed by atoms with Gasteiger partial charge in [0.2, 0.25) is 5.91 Å². The van der Waals surface area contributed by atoms with Crippen molar-refractivity contribution in [2.24, 2.45) is 0 Å². The van der Waals surface area contributed by atoms with Crippen LogP contribution < -0.4 is 9.64 Å². The van der Waals surface area contributed by atoms with Crippen molar-refractivity contribution in [2.45, 2.75) is 11.7 Å². The zero-order chi connectivity index (χ0) is 11.7. The molecule has 1 atom stereocenters. The summed E-state index contributed by atoms with van der Waals surface area (Å²) in [5.74, 6) is -0.885. The smallest absolute Gasteiger partial charge is 0.318 e. The van der Waals surface area contributed by atoms with Crippen LogP contribution in [0.15, 0.2) is 6.20 Å². The Morgan fingerprint density at radius 1 is 1.69 bits per heavy atom. The molecule has 1 unspecified atom stereocenters. The Morgan fingerprint density at radius 2 is 2.44 bits per heavy atom. The molecule has 7 heteroatoms. The molecule has 0 bridgehead atoms. The molecule has 1 aliphatic heterocycles. The highest BCUT2D eigenvalue weighted by Crippen LogP contribution is 2.25. The topological polar surface area (TPSA) is 55.3 Å². The number of rotatable bonds is 2. The third-order valence-electron chi connectivity index (χ3n) is 2.25. The Balaban J connectivity index is 2.35. The number of anilines is 1. The molecule has 0 aliphatic carbocycles. The van der Waals surface area contributed by atoms with Crippen LogP contribution in [0, 0.1) is 5.82 Å². The van der Waals surface area contributed by atoms with Crippen LogP contribution in [0.25, 0.3) is 0 Å². The highest BCUT2D eigenvalue weighted by atomic mass is 32.1. The van der Waals surface area contributed by atoms with E-state index in [-0.39, 0.29) is 29.4 Å². The SMILES string of the molecule is COc1ncc(F)c(N2CC(S)CC2=O)n1. The maximum Gasteiger partial charge on any atom is 0.318 e. The molecule has 1 saturated heterocycles. The predicted molar refractivity (Wildman–Crippen MR) is 58.3 cm³/mol. The molecule has 2 rings (SSSR count). The van der Waals surface area contributed by atoms with E-state index in [4.69, 9.17) is 4.74 Å². The Kier molecular flexibility index (Phi) is 2.95. The number of carbonyl (C=O) groups excluding carboxylic acids is 1. The van der Waals surface area contributed by atoms with E-state index < -0.39 is 5.82 Å². The van der Waals surface area contributed by atoms with Gasteiger partial charge in [-0.05, 0) is 0 Å². The van der Waals surface area contributed by atoms with E-state index in [1.807, 2.05) is 0 Å². The molecule has 1 aliphatic rings. The van der Waals surface area contributed by atoms with Gasteiger partial charge in [0.15, 0.2) is 11.6 Å². The van der Waals surface area contributed by atoms with Crippen LogP contribution in [0.5, 0.6) is 6.01 Å². The molecule has 0 spiro atoms. The maximum absolute atomic E-state index is 13.5. The van der Waals surface area contributed by atoms with Gasteiger partial charge >= 0.3 is 6.01 Å². The van der Waals surface area contributed by atoms with E-state index in [0.717, 1.165) is 6.20 Å². The number of ether oxygens (including phenoxy) is 1. The molecule has 5 nitrogen and oxygen atoms in total. The first-order chi connectivity index (χ1) is 7.61. The molecule has 1 fully saturated rings. The summed E-state index contributed by atoms with van der Waals surface area (Å²) in [6.07, 6.45) is 1.27. The van der Waals surface area contributed by atoms with E-state index in [0.29, 0.717) is 6.54 Å². The minimum absolute atomic E-state index is 0.0341. The second kappa shape index (κ2) is 4.25. The number of halogens is 1. The normalized spacial score (nSPS) is 20.3. The minimum Gasteiger partial charge on any atom is -0.467 e. The Morgan fingerprint density at radius 3 is 3.00 bits per heavy atom. The van der Waals surface area contributed by atoms with Gasteiger partial charge in [-0.25, -0.2) is 9.37 Å². The number of hydrogen-bond donors (Lipinski definition) is 1. The lowest BCUT2D eigenvalue weighted by Gasteiger charge is -2.15. The average Bonchev–Trinajstić information content (AvgIpc) is 2.58. The first-order valence-corrected chi connectivity index (χ1v) is 5.18. The number of thiol groups is 1. The van der Waals surface area contributed by atoms with E-state index in [1.54, 1.807) is 0 Å². The molecule has 1 aromatic rings. The quantitative estimate of drug-likeness (QED) is 0.775. The largest absolute Gasteiger partial charge is 0.467 e. The molecule has 0 aromatic carbocycles. The zero-order valence-electron chi connectivity index (χ0n) is 8.55. The number of nitrogens with zero attached hydrogens (tertiary/aromatic N) is 3. The zero-order valence-corrected chi connectivity index (χ0v) is 9.45. The molecular formula is C9H10FN3O2S. The number of amides is 1. The van der Waals surface area contributed by atoms with Crippen molar-refractivity contribution in [3.8, 4) is 6.01 Å². The molecule has 86 valence electrons. The molecule has 1 amide bonds. The average molecular weight is 243 g/mol. The molecule has 0 radical (unpaired) electrons. The Labute approximate surface area is 97.0 Å². The van der Waals surface area contributed by atoms with Crippen LogP contribution in [-0.2, 0) is 4.79 Å². The molecule has 2 heterocycles. The third-order valence-corrected chi connectivity index (χ3v) is 2.59. The Bertz CT molecular complexity index is 429. The predicted octanol–water partition coefficient (Wildman–Crippen LogP) is 0.659. The lowest BCUT2D eigenvalue weighted by atomic mass is 10.4. The van der Waals surface area contributed by atoms with Crippen molar-refractivity contribution >= 4 is 24.4 Å². The van der Waals surface area contributed by atoms with Gasteiger partial charge in [-0.1, -0.05) is 0 Å². The lowest BCUT2D eigenvalue weighted by Crippen LogP contribution is -2.27. The monoisotopic (exact) mass is 243 g/mol. The van der Waals surface area contributed by atoms with Gasteiger partial charge in [-0.2, -0.15) is 17.6 Å². The van der Waals surface area contributed by atoms with E-state index >= 15 is 0 Å². The lowest BCUT2D eigenvalue weighted by molar-refractivity contribution is -0.117. The summed E-state index contributed by atoms with van der Waals surface area (Å²) in [4.78, 5) is 20.2. The summed E-state index contributed by atoms with van der Waals surface area (Å²) < 4.78 is 18.2. The van der Waals surface area contributed by atoms with Gasteiger partial charge in [0.25, 0.3) is 0 Å². The second-order valence-electron chi connectivity index (χ2n) is 3.39. The summed E-state index contributed by atoms with van der Waals surface area (Å²) >= 11 is 4.18. The Hall–Kier alpha value is -1.37. The van der Waals surface area contributed by atoms with Gasteiger partial charge in [0, 0.05) is 18.2 Å². The number of hydrogen-bond acceptors (Lipinski definition) is 5. The highest BCUT2D eigenvalue weighted by molar-refractivity contribution is 7.81. The van der Waals surface area contributed by atoms with Crippen molar-refractivity contribution in [1.29, 1.82) is 0 Å². The van der Waals surface area contributed by atoms with Gasteiger partial charge in [0.05, 0.1) is 13.3 Å². The van der Waals surface area contributed by atoms with Crippen LogP contribution in [0.3, 0.4) is 0 Å². The molecule has 0 N–H and O–H groups in total. The summed E-state index contributed by atoms with van der Waals surface area (Å²) in [5, 5.41) is -0.0899. The van der Waals surface area contributed by atoms with Gasteiger partial charge in [-0.3, -0.25) is 9.69 Å². The van der Waals surface area contributed by atoms with Crippen molar-refractivity contribution < 1.29 is 13.9 Å². The fourth-order valence-electron chi connectivity index (χ4n) is 1.52. The standard InChI is InChI=1S/C9H10FN3O2S/c1-15-9-11-3-6(10)8(12-9)13-4-5(16)2-7(13)14/h3,5,16H,2,4H2,1H3. The van der Waals surface area contributed by atoms with Gasteiger partial charge in [0.1, 0.15) is 0 Å². The van der Waals surface area contributed by atoms with Crippen LogP contribution in [0.2, 0.25) is 0 Å². The first-order valence-electron chi connectivity index (χ1n) is 4.66. The third kappa shape index (κ3) is 1.95. The van der Waals surface area contributed by atoms with Crippen molar-refractivity contribution in [3.63, 3.8) is 0 Å². The van der Waals surface area contributed by atoms with Crippen LogP contribution in [0.1, 0.15) is 6.42 Å². The fraction of sp³-hybridized carbons (Fsp3) is 0.444. The first kappa shape index (κ1) is 11.1. The van der Waals surface area contributed by atoms with Crippen LogP contribution in [0.4, 0.5) is 10.2 Å². The summed E-state index contributed by atoms with van der Waals surface area (Å²) in [6.45, 7) is 0.346. The molecule has 16 heavy (non-hydrogen) atoms. The maximum atomic E-state index is 13.5. The van der Waals surface area contributed by atoms with Crippen molar-refractivity contribution in [3.05, 3.63) is 12.0 Å². The van der Waals surface area contributed by atoms with Crippen molar-refractivity contribution in [2.75, 3.05) is 18.6 Å². The van der Waals surface area contributed by atoms with E-state index in [9.17, 15) is 9.18 Å².